The summed E-state index contributed by atoms with van der Waals surface area (Å²) in [6.07, 6.45) is -4.59. The van der Waals surface area contributed by atoms with Gasteiger partial charge >= 0.3 is 6.18 Å². The second-order valence-corrected chi connectivity index (χ2v) is 6.56. The molecular weight excluding hydrogens is 327 g/mol. The van der Waals surface area contributed by atoms with E-state index < -0.39 is 27.3 Å². The molecule has 0 aliphatic rings. The molecule has 0 spiro atoms. The molecule has 2 N–H and O–H groups in total. The van der Waals surface area contributed by atoms with Crippen LogP contribution in [0.5, 0.6) is 0 Å². The molecule has 3 nitrogen and oxygen atoms in total. The Kier molecular flexibility index (Phi) is 3.90. The van der Waals surface area contributed by atoms with Gasteiger partial charge in [0.1, 0.15) is 0 Å². The van der Waals surface area contributed by atoms with Crippen LogP contribution in [0.15, 0.2) is 52.3 Å². The maximum atomic E-state index is 12.5. The van der Waals surface area contributed by atoms with Crippen LogP contribution >= 0.6 is 11.6 Å². The van der Waals surface area contributed by atoms with Crippen LogP contribution in [-0.4, -0.2) is 8.42 Å². The third-order valence-corrected chi connectivity index (χ3v) is 4.85. The number of sulfone groups is 1. The van der Waals surface area contributed by atoms with Gasteiger partial charge in [-0.25, -0.2) is 8.42 Å². The minimum absolute atomic E-state index is 0.0987. The average Bonchev–Trinajstić information content (AvgIpc) is 2.37. The van der Waals surface area contributed by atoms with Gasteiger partial charge in [-0.15, -0.1) is 0 Å². The molecule has 8 heteroatoms. The second-order valence-electron chi connectivity index (χ2n) is 4.21. The van der Waals surface area contributed by atoms with Crippen molar-refractivity contribution in [2.75, 3.05) is 5.73 Å². The molecule has 0 amide bonds. The first-order chi connectivity index (χ1) is 9.62. The van der Waals surface area contributed by atoms with Gasteiger partial charge in [-0.3, -0.25) is 0 Å². The number of benzene rings is 2. The average molecular weight is 336 g/mol. The van der Waals surface area contributed by atoms with E-state index in [9.17, 15) is 21.6 Å². The van der Waals surface area contributed by atoms with Crippen LogP contribution in [0.2, 0.25) is 5.02 Å². The van der Waals surface area contributed by atoms with Crippen LogP contribution in [-0.2, 0) is 16.0 Å². The highest BCUT2D eigenvalue weighted by molar-refractivity contribution is 7.91. The summed E-state index contributed by atoms with van der Waals surface area (Å²) in [4.78, 5) is -0.476. The first-order valence-corrected chi connectivity index (χ1v) is 7.46. The molecule has 2 rings (SSSR count). The maximum absolute atomic E-state index is 12.5. The fourth-order valence-electron chi connectivity index (χ4n) is 1.71. The first kappa shape index (κ1) is 15.7. The van der Waals surface area contributed by atoms with Crippen LogP contribution in [0.3, 0.4) is 0 Å². The maximum Gasteiger partial charge on any atom is 0.416 e. The van der Waals surface area contributed by atoms with E-state index in [1.54, 1.807) is 0 Å². The van der Waals surface area contributed by atoms with Crippen molar-refractivity contribution in [2.24, 2.45) is 0 Å². The van der Waals surface area contributed by atoms with Crippen LogP contribution < -0.4 is 5.73 Å². The van der Waals surface area contributed by atoms with E-state index in [0.29, 0.717) is 17.2 Å². The molecule has 0 atom stereocenters. The molecule has 0 unspecified atom stereocenters. The van der Waals surface area contributed by atoms with Crippen LogP contribution in [0.25, 0.3) is 0 Å². The van der Waals surface area contributed by atoms with Crippen molar-refractivity contribution in [3.8, 4) is 0 Å². The summed E-state index contributed by atoms with van der Waals surface area (Å²) in [6, 6.07) is 7.39. The number of anilines is 1. The Morgan fingerprint density at radius 3 is 2.05 bits per heavy atom. The molecule has 0 bridgehead atoms. The molecule has 0 saturated carbocycles. The molecule has 2 aromatic rings. The Bertz CT molecular complexity index is 771. The van der Waals surface area contributed by atoms with Crippen LogP contribution in [0.1, 0.15) is 5.56 Å². The summed E-state index contributed by atoms with van der Waals surface area (Å²) in [5.41, 5.74) is 4.00. The summed E-state index contributed by atoms with van der Waals surface area (Å²) >= 11 is 5.67. The van der Waals surface area contributed by atoms with Gasteiger partial charge in [0.05, 0.1) is 21.0 Å². The molecule has 0 fully saturated rings. The summed E-state index contributed by atoms with van der Waals surface area (Å²) in [5, 5.41) is 0.342. The molecule has 0 aliphatic carbocycles. The Morgan fingerprint density at radius 1 is 1.00 bits per heavy atom. The molecule has 21 heavy (non-hydrogen) atoms. The topological polar surface area (TPSA) is 60.2 Å². The monoisotopic (exact) mass is 335 g/mol. The fourth-order valence-corrected chi connectivity index (χ4v) is 3.20. The third-order valence-electron chi connectivity index (χ3n) is 2.75. The van der Waals surface area contributed by atoms with E-state index in [2.05, 4.69) is 0 Å². The van der Waals surface area contributed by atoms with E-state index in [4.69, 9.17) is 17.3 Å². The number of rotatable bonds is 2. The number of nitrogens with two attached hydrogens (primary N) is 1. The zero-order valence-electron chi connectivity index (χ0n) is 10.4. The van der Waals surface area contributed by atoms with E-state index in [0.717, 1.165) is 6.07 Å². The van der Waals surface area contributed by atoms with Gasteiger partial charge in [0.15, 0.2) is 0 Å². The van der Waals surface area contributed by atoms with E-state index in [-0.39, 0.29) is 9.79 Å². The number of nitrogen functional groups attached to an aromatic ring is 1. The normalized spacial score (nSPS) is 12.4. The third kappa shape index (κ3) is 3.14. The molecule has 0 saturated heterocycles. The Hall–Kier alpha value is -1.73. The Morgan fingerprint density at radius 2 is 1.57 bits per heavy atom. The standard InChI is InChI=1S/C13H9ClF3NO2S/c14-9-2-4-10(5-3-9)21(19,20)12-6-1-8(7-11(12)18)13(15,16)17/h1-7H,18H2. The second kappa shape index (κ2) is 5.23. The predicted molar refractivity (Wildman–Crippen MR) is 72.8 cm³/mol. The zero-order chi connectivity index (χ0) is 15.8. The fraction of sp³-hybridized carbons (Fsp3) is 0.0769. The van der Waals surface area contributed by atoms with Gasteiger partial charge in [-0.05, 0) is 42.5 Å². The van der Waals surface area contributed by atoms with Gasteiger partial charge in [-0.2, -0.15) is 13.2 Å². The zero-order valence-corrected chi connectivity index (χ0v) is 11.9. The van der Waals surface area contributed by atoms with Crippen molar-refractivity contribution in [1.82, 2.24) is 0 Å². The minimum atomic E-state index is -4.59. The molecule has 0 heterocycles. The van der Waals surface area contributed by atoms with E-state index >= 15 is 0 Å². The van der Waals surface area contributed by atoms with E-state index in [1.165, 1.54) is 24.3 Å². The summed E-state index contributed by atoms with van der Waals surface area (Å²) in [6.45, 7) is 0. The van der Waals surface area contributed by atoms with Gasteiger partial charge in [0.25, 0.3) is 0 Å². The number of hydrogen-bond acceptors (Lipinski definition) is 3. The molecular formula is C13H9ClF3NO2S. The minimum Gasteiger partial charge on any atom is -0.398 e. The van der Waals surface area contributed by atoms with E-state index in [1.807, 2.05) is 0 Å². The summed E-state index contributed by atoms with van der Waals surface area (Å²) in [5.74, 6) is 0. The lowest BCUT2D eigenvalue weighted by molar-refractivity contribution is -0.137. The van der Waals surface area contributed by atoms with Crippen molar-refractivity contribution in [1.29, 1.82) is 0 Å². The summed E-state index contributed by atoms with van der Waals surface area (Å²) < 4.78 is 62.3. The molecule has 0 aliphatic heterocycles. The van der Waals surface area contributed by atoms with Crippen LogP contribution in [0.4, 0.5) is 18.9 Å². The van der Waals surface area contributed by atoms with Crippen molar-refractivity contribution in [3.05, 3.63) is 53.1 Å². The number of alkyl halides is 3. The highest BCUT2D eigenvalue weighted by Crippen LogP contribution is 2.34. The number of hydrogen-bond donors (Lipinski definition) is 1. The molecule has 0 radical (unpaired) electrons. The lowest BCUT2D eigenvalue weighted by Gasteiger charge is -2.11. The quantitative estimate of drug-likeness (QED) is 0.850. The predicted octanol–water partition coefficient (Wildman–Crippen LogP) is 3.77. The van der Waals surface area contributed by atoms with Crippen LogP contribution in [0, 0.1) is 0 Å². The number of halogens is 4. The molecule has 112 valence electrons. The molecule has 2 aromatic carbocycles. The highest BCUT2D eigenvalue weighted by atomic mass is 35.5. The van der Waals surface area contributed by atoms with Crippen molar-refractivity contribution in [2.45, 2.75) is 16.0 Å². The largest absolute Gasteiger partial charge is 0.416 e. The SMILES string of the molecule is Nc1cc(C(F)(F)F)ccc1S(=O)(=O)c1ccc(Cl)cc1. The lowest BCUT2D eigenvalue weighted by atomic mass is 10.2. The van der Waals surface area contributed by atoms with Crippen molar-refractivity contribution >= 4 is 27.1 Å². The van der Waals surface area contributed by atoms with Crippen molar-refractivity contribution in [3.63, 3.8) is 0 Å². The first-order valence-electron chi connectivity index (χ1n) is 5.60. The van der Waals surface area contributed by atoms with Crippen molar-refractivity contribution < 1.29 is 21.6 Å². The Balaban J connectivity index is 2.53. The lowest BCUT2D eigenvalue weighted by Crippen LogP contribution is -2.10. The van der Waals surface area contributed by atoms with Gasteiger partial charge in [0, 0.05) is 5.02 Å². The van der Waals surface area contributed by atoms with Gasteiger partial charge < -0.3 is 5.73 Å². The van der Waals surface area contributed by atoms with Gasteiger partial charge in [0.2, 0.25) is 9.84 Å². The smallest absolute Gasteiger partial charge is 0.398 e. The Labute approximate surface area is 124 Å². The highest BCUT2D eigenvalue weighted by Gasteiger charge is 2.32. The van der Waals surface area contributed by atoms with Gasteiger partial charge in [-0.1, -0.05) is 11.6 Å². The summed E-state index contributed by atoms with van der Waals surface area (Å²) in [7, 11) is -4.00. The molecule has 0 aromatic heterocycles.